The van der Waals surface area contributed by atoms with E-state index in [2.05, 4.69) is 24.5 Å². The second-order valence-corrected chi connectivity index (χ2v) is 9.45. The fraction of sp³-hybridized carbons (Fsp3) is 0.231. The molecule has 0 spiro atoms. The summed E-state index contributed by atoms with van der Waals surface area (Å²) in [5.41, 5.74) is 4.22. The minimum Gasteiger partial charge on any atom is -0.467 e. The molecular weight excluding hydrogens is 418 g/mol. The van der Waals surface area contributed by atoms with Gasteiger partial charge in [0.2, 0.25) is 0 Å². The highest BCUT2D eigenvalue weighted by Crippen LogP contribution is 2.48. The number of rotatable bonds is 2. The molecule has 2 heterocycles. The minimum atomic E-state index is -0.469. The number of thiocarbonyl (C=S) groups is 1. The lowest BCUT2D eigenvalue weighted by Crippen LogP contribution is -2.41. The Morgan fingerprint density at radius 3 is 2.56 bits per heavy atom. The average molecular weight is 444 g/mol. The van der Waals surface area contributed by atoms with E-state index >= 15 is 0 Å². The van der Waals surface area contributed by atoms with Crippen molar-refractivity contribution in [1.29, 1.82) is 0 Å². The van der Waals surface area contributed by atoms with Crippen molar-refractivity contribution in [3.63, 3.8) is 0 Å². The van der Waals surface area contributed by atoms with E-state index in [1.54, 1.807) is 6.26 Å². The van der Waals surface area contributed by atoms with Crippen molar-refractivity contribution in [3.8, 4) is 0 Å². The van der Waals surface area contributed by atoms with E-state index in [0.29, 0.717) is 22.9 Å². The Kier molecular flexibility index (Phi) is 5.10. The molecule has 0 amide bonds. The van der Waals surface area contributed by atoms with Crippen molar-refractivity contribution in [2.75, 3.05) is 15.5 Å². The van der Waals surface area contributed by atoms with Gasteiger partial charge in [-0.25, -0.2) is 0 Å². The van der Waals surface area contributed by atoms with Gasteiger partial charge < -0.3 is 20.0 Å². The molecule has 2 N–H and O–H groups in total. The lowest BCUT2D eigenvalue weighted by molar-refractivity contribution is -0.118. The molecule has 0 fully saturated rings. The van der Waals surface area contributed by atoms with E-state index in [1.807, 2.05) is 71.6 Å². The summed E-state index contributed by atoms with van der Waals surface area (Å²) in [5, 5.41) is 7.43. The molecule has 0 unspecified atom stereocenters. The maximum atomic E-state index is 13.6. The van der Waals surface area contributed by atoms with Crippen LogP contribution in [-0.2, 0) is 4.79 Å². The molecular formula is C26H25N3O2S. The molecule has 0 saturated carbocycles. The highest BCUT2D eigenvalue weighted by atomic mass is 32.1. The number of hydrogen-bond donors (Lipinski definition) is 2. The summed E-state index contributed by atoms with van der Waals surface area (Å²) in [6.45, 7) is 4.27. The number of ketones is 1. The first kappa shape index (κ1) is 20.5. The van der Waals surface area contributed by atoms with E-state index in [0.717, 1.165) is 29.2 Å². The van der Waals surface area contributed by atoms with Crippen LogP contribution in [0.25, 0.3) is 0 Å². The van der Waals surface area contributed by atoms with Crippen LogP contribution >= 0.6 is 12.2 Å². The highest BCUT2D eigenvalue weighted by molar-refractivity contribution is 7.80. The first-order valence-electron chi connectivity index (χ1n) is 10.7. The summed E-state index contributed by atoms with van der Waals surface area (Å²) in [7, 11) is 0. The topological polar surface area (TPSA) is 57.5 Å². The van der Waals surface area contributed by atoms with Gasteiger partial charge in [0.05, 0.1) is 17.6 Å². The zero-order valence-corrected chi connectivity index (χ0v) is 18.9. The van der Waals surface area contributed by atoms with Crippen LogP contribution < -0.4 is 15.5 Å². The van der Waals surface area contributed by atoms with Crippen molar-refractivity contribution >= 4 is 40.2 Å². The second-order valence-electron chi connectivity index (χ2n) is 9.06. The van der Waals surface area contributed by atoms with Gasteiger partial charge in [0, 0.05) is 23.4 Å². The molecule has 0 radical (unpaired) electrons. The number of anilines is 3. The standard InChI is InChI=1S/C26H25N3O2S/c1-26(2)15-19-23(21(30)16-26)24(22-13-8-14-31-22)29(20-12-7-6-11-18(20)28-19)25(32)27-17-9-4-3-5-10-17/h3-14,24,28H,15-16H2,1-2H3,(H,27,32)/t24-/m1/s1. The number of nitrogens with one attached hydrogen (secondary N) is 2. The first-order valence-corrected chi connectivity index (χ1v) is 11.1. The number of carbonyl (C=O) groups is 1. The predicted molar refractivity (Wildman–Crippen MR) is 132 cm³/mol. The number of para-hydroxylation sites is 3. The number of fused-ring (bicyclic) bond motifs is 1. The van der Waals surface area contributed by atoms with Crippen LogP contribution in [0, 0.1) is 5.41 Å². The van der Waals surface area contributed by atoms with Gasteiger partial charge >= 0.3 is 0 Å². The Hall–Kier alpha value is -3.38. The Morgan fingerprint density at radius 1 is 1.06 bits per heavy atom. The van der Waals surface area contributed by atoms with Crippen LogP contribution in [-0.4, -0.2) is 10.9 Å². The molecule has 3 aromatic rings. The molecule has 1 aliphatic heterocycles. The zero-order chi connectivity index (χ0) is 22.3. The van der Waals surface area contributed by atoms with Gasteiger partial charge in [0.25, 0.3) is 0 Å². The smallest absolute Gasteiger partial charge is 0.178 e. The van der Waals surface area contributed by atoms with Gasteiger partial charge in [-0.05, 0) is 60.5 Å². The lowest BCUT2D eigenvalue weighted by Gasteiger charge is -2.37. The van der Waals surface area contributed by atoms with E-state index < -0.39 is 6.04 Å². The molecule has 0 saturated heterocycles. The Morgan fingerprint density at radius 2 is 1.81 bits per heavy atom. The normalized spacial score (nSPS) is 19.5. The van der Waals surface area contributed by atoms with Gasteiger partial charge in [-0.15, -0.1) is 0 Å². The summed E-state index contributed by atoms with van der Waals surface area (Å²) in [4.78, 5) is 15.6. The molecule has 1 aromatic heterocycles. The highest BCUT2D eigenvalue weighted by Gasteiger charge is 2.43. The third-order valence-electron chi connectivity index (χ3n) is 5.96. The molecule has 1 aliphatic carbocycles. The number of Topliss-reactive ketones (excluding diaryl/α,β-unsaturated/α-hetero) is 1. The monoisotopic (exact) mass is 443 g/mol. The SMILES string of the molecule is CC1(C)CC(=O)C2=C(C1)Nc1ccccc1N(C(=S)Nc1ccccc1)[C@@H]2c1ccco1. The summed E-state index contributed by atoms with van der Waals surface area (Å²) >= 11 is 5.93. The van der Waals surface area contributed by atoms with Gasteiger partial charge in [0.1, 0.15) is 11.8 Å². The minimum absolute atomic E-state index is 0.116. The number of benzene rings is 2. The molecule has 162 valence electrons. The van der Waals surface area contributed by atoms with Crippen molar-refractivity contribution in [1.82, 2.24) is 0 Å². The van der Waals surface area contributed by atoms with Crippen LogP contribution in [0.1, 0.15) is 38.5 Å². The van der Waals surface area contributed by atoms with E-state index in [-0.39, 0.29) is 11.2 Å². The second kappa shape index (κ2) is 7.95. The van der Waals surface area contributed by atoms with Crippen LogP contribution in [0.15, 0.2) is 88.7 Å². The van der Waals surface area contributed by atoms with Crippen molar-refractivity contribution in [3.05, 3.63) is 90.0 Å². The maximum absolute atomic E-state index is 13.6. The molecule has 0 bridgehead atoms. The fourth-order valence-electron chi connectivity index (χ4n) is 4.63. The maximum Gasteiger partial charge on any atom is 0.178 e. The largest absolute Gasteiger partial charge is 0.467 e. The Labute approximate surface area is 193 Å². The average Bonchev–Trinajstić information content (AvgIpc) is 3.23. The van der Waals surface area contributed by atoms with Gasteiger partial charge in [0.15, 0.2) is 10.9 Å². The van der Waals surface area contributed by atoms with Crippen molar-refractivity contribution < 1.29 is 9.21 Å². The van der Waals surface area contributed by atoms with E-state index in [9.17, 15) is 4.79 Å². The van der Waals surface area contributed by atoms with Crippen molar-refractivity contribution in [2.24, 2.45) is 5.41 Å². The van der Waals surface area contributed by atoms with E-state index in [1.165, 1.54) is 0 Å². The number of nitrogens with zero attached hydrogens (tertiary/aromatic N) is 1. The van der Waals surface area contributed by atoms with Gasteiger partial charge in [-0.3, -0.25) is 4.79 Å². The Bertz CT molecular complexity index is 1200. The molecule has 2 aliphatic rings. The van der Waals surface area contributed by atoms with Gasteiger partial charge in [-0.1, -0.05) is 44.2 Å². The molecule has 5 nitrogen and oxygen atoms in total. The number of furan rings is 1. The molecule has 6 heteroatoms. The molecule has 2 aromatic carbocycles. The van der Waals surface area contributed by atoms with Gasteiger partial charge in [-0.2, -0.15) is 0 Å². The zero-order valence-electron chi connectivity index (χ0n) is 18.1. The third-order valence-corrected chi connectivity index (χ3v) is 6.26. The van der Waals surface area contributed by atoms with Crippen LogP contribution in [0.2, 0.25) is 0 Å². The number of carbonyl (C=O) groups excluding carboxylic acids is 1. The van der Waals surface area contributed by atoms with Crippen LogP contribution in [0.5, 0.6) is 0 Å². The molecule has 1 atom stereocenters. The van der Waals surface area contributed by atoms with E-state index in [4.69, 9.17) is 16.6 Å². The van der Waals surface area contributed by atoms with Crippen LogP contribution in [0.3, 0.4) is 0 Å². The summed E-state index contributed by atoms with van der Waals surface area (Å²) in [6.07, 6.45) is 2.89. The molecule has 5 rings (SSSR count). The summed E-state index contributed by atoms with van der Waals surface area (Å²) < 4.78 is 5.88. The summed E-state index contributed by atoms with van der Waals surface area (Å²) in [5.74, 6) is 0.798. The van der Waals surface area contributed by atoms with Crippen LogP contribution in [0.4, 0.5) is 17.1 Å². The quantitative estimate of drug-likeness (QED) is 0.454. The molecule has 32 heavy (non-hydrogen) atoms. The van der Waals surface area contributed by atoms with Crippen molar-refractivity contribution in [2.45, 2.75) is 32.7 Å². The number of allylic oxidation sites excluding steroid dienone is 1. The summed E-state index contributed by atoms with van der Waals surface area (Å²) in [6, 6.07) is 21.1. The first-order chi connectivity index (χ1) is 15.4. The fourth-order valence-corrected chi connectivity index (χ4v) is 4.95. The Balaban J connectivity index is 1.70. The predicted octanol–water partition coefficient (Wildman–Crippen LogP) is 6.29. The third kappa shape index (κ3) is 3.71. The lowest BCUT2D eigenvalue weighted by atomic mass is 9.74. The number of hydrogen-bond acceptors (Lipinski definition) is 4.